The van der Waals surface area contributed by atoms with Crippen LogP contribution in [0.3, 0.4) is 0 Å². The third-order valence-electron chi connectivity index (χ3n) is 5.17. The third kappa shape index (κ3) is 3.23. The smallest absolute Gasteiger partial charge is 0.195 e. The van der Waals surface area contributed by atoms with Crippen molar-refractivity contribution in [3.05, 3.63) is 83.6 Å². The highest BCUT2D eigenvalue weighted by molar-refractivity contribution is 5.47. The maximum absolute atomic E-state index is 5.42. The van der Waals surface area contributed by atoms with E-state index in [1.54, 1.807) is 6.26 Å². The summed E-state index contributed by atoms with van der Waals surface area (Å²) < 4.78 is 7.38. The Kier molecular flexibility index (Phi) is 4.25. The molecular weight excluding hydrogens is 350 g/mol. The summed E-state index contributed by atoms with van der Waals surface area (Å²) in [5.41, 5.74) is 5.71. The van der Waals surface area contributed by atoms with Crippen LogP contribution in [-0.2, 0) is 19.5 Å². The van der Waals surface area contributed by atoms with Gasteiger partial charge in [0, 0.05) is 49.6 Å². The first-order valence-corrected chi connectivity index (χ1v) is 9.48. The molecule has 3 aromatic heterocycles. The summed E-state index contributed by atoms with van der Waals surface area (Å²) in [5, 5.41) is 4.69. The minimum Gasteiger partial charge on any atom is -0.461 e. The molecule has 6 heteroatoms. The van der Waals surface area contributed by atoms with Crippen LogP contribution in [-0.4, -0.2) is 31.2 Å². The van der Waals surface area contributed by atoms with E-state index in [1.165, 1.54) is 11.1 Å². The zero-order valence-electron chi connectivity index (χ0n) is 15.7. The molecule has 0 spiro atoms. The fourth-order valence-electron chi connectivity index (χ4n) is 3.64. The number of hydrogen-bond donors (Lipinski definition) is 0. The first kappa shape index (κ1) is 16.9. The van der Waals surface area contributed by atoms with E-state index >= 15 is 0 Å². The van der Waals surface area contributed by atoms with Gasteiger partial charge in [-0.15, -0.1) is 0 Å². The zero-order chi connectivity index (χ0) is 18.9. The van der Waals surface area contributed by atoms with Gasteiger partial charge in [0.05, 0.1) is 23.3 Å². The second kappa shape index (κ2) is 7.05. The molecule has 0 amide bonds. The van der Waals surface area contributed by atoms with E-state index in [0.29, 0.717) is 11.6 Å². The van der Waals surface area contributed by atoms with Crippen molar-refractivity contribution >= 4 is 0 Å². The van der Waals surface area contributed by atoms with Crippen LogP contribution in [0.5, 0.6) is 0 Å². The number of benzene rings is 1. The van der Waals surface area contributed by atoms with Crippen LogP contribution in [0.15, 0.2) is 65.5 Å². The summed E-state index contributed by atoms with van der Waals surface area (Å²) in [6.45, 7) is 4.77. The summed E-state index contributed by atoms with van der Waals surface area (Å²) in [4.78, 5) is 11.6. The van der Waals surface area contributed by atoms with Crippen LogP contribution in [0.4, 0.5) is 0 Å². The highest BCUT2D eigenvalue weighted by atomic mass is 16.3. The molecule has 0 fully saturated rings. The maximum atomic E-state index is 5.42. The van der Waals surface area contributed by atoms with E-state index in [-0.39, 0.29) is 0 Å². The second-order valence-corrected chi connectivity index (χ2v) is 7.12. The Balaban J connectivity index is 1.33. The lowest BCUT2D eigenvalue weighted by Crippen LogP contribution is -2.31. The minimum absolute atomic E-state index is 0.664. The van der Waals surface area contributed by atoms with Crippen molar-refractivity contribution in [1.82, 2.24) is 24.6 Å². The molecule has 28 heavy (non-hydrogen) atoms. The highest BCUT2D eigenvalue weighted by Crippen LogP contribution is 2.23. The SMILES string of the molecule is Cc1nn(-c2ccccc2)cc1CN1CCc2nc(-c3ccco3)ncc2C1. The van der Waals surface area contributed by atoms with Crippen molar-refractivity contribution in [2.45, 2.75) is 26.4 Å². The monoisotopic (exact) mass is 371 g/mol. The zero-order valence-corrected chi connectivity index (χ0v) is 15.7. The van der Waals surface area contributed by atoms with Crippen LogP contribution in [0.25, 0.3) is 17.3 Å². The Morgan fingerprint density at radius 1 is 1.11 bits per heavy atom. The molecule has 1 aliphatic heterocycles. The van der Waals surface area contributed by atoms with Crippen molar-refractivity contribution < 1.29 is 4.42 Å². The van der Waals surface area contributed by atoms with Gasteiger partial charge < -0.3 is 4.42 Å². The summed E-state index contributed by atoms with van der Waals surface area (Å²) in [6, 6.07) is 14.0. The standard InChI is InChI=1S/C22H21N5O/c1-16-18(15-27(25-16)19-6-3-2-4-7-19)14-26-10-9-20-17(13-26)12-23-22(24-20)21-8-5-11-28-21/h2-8,11-12,15H,9-10,13-14H2,1H3. The molecule has 1 aliphatic rings. The second-order valence-electron chi connectivity index (χ2n) is 7.12. The molecule has 0 saturated heterocycles. The molecule has 0 radical (unpaired) electrons. The lowest BCUT2D eigenvalue weighted by molar-refractivity contribution is 0.242. The molecular formula is C22H21N5O. The number of aromatic nitrogens is 4. The third-order valence-corrected chi connectivity index (χ3v) is 5.17. The first-order chi connectivity index (χ1) is 13.8. The molecule has 0 aliphatic carbocycles. The molecule has 140 valence electrons. The van der Waals surface area contributed by atoms with Gasteiger partial charge in [-0.1, -0.05) is 18.2 Å². The lowest BCUT2D eigenvalue weighted by atomic mass is 10.1. The van der Waals surface area contributed by atoms with Gasteiger partial charge in [0.1, 0.15) is 0 Å². The van der Waals surface area contributed by atoms with Gasteiger partial charge in [-0.05, 0) is 31.2 Å². The Morgan fingerprint density at radius 2 is 2.00 bits per heavy atom. The van der Waals surface area contributed by atoms with E-state index in [1.807, 2.05) is 41.2 Å². The quantitative estimate of drug-likeness (QED) is 0.546. The summed E-state index contributed by atoms with van der Waals surface area (Å²) in [6.07, 6.45) is 6.64. The number of nitrogens with zero attached hydrogens (tertiary/aromatic N) is 5. The number of fused-ring (bicyclic) bond motifs is 1. The molecule has 5 rings (SSSR count). The topological polar surface area (TPSA) is 60.0 Å². The van der Waals surface area contributed by atoms with Gasteiger partial charge in [-0.3, -0.25) is 4.90 Å². The van der Waals surface area contributed by atoms with Crippen LogP contribution >= 0.6 is 0 Å². The van der Waals surface area contributed by atoms with E-state index in [4.69, 9.17) is 9.40 Å². The summed E-state index contributed by atoms with van der Waals surface area (Å²) in [5.74, 6) is 1.38. The predicted molar refractivity (Wildman–Crippen MR) is 106 cm³/mol. The van der Waals surface area contributed by atoms with Crippen molar-refractivity contribution in [2.24, 2.45) is 0 Å². The minimum atomic E-state index is 0.664. The average Bonchev–Trinajstić information content (AvgIpc) is 3.39. The Morgan fingerprint density at radius 3 is 2.82 bits per heavy atom. The summed E-state index contributed by atoms with van der Waals surface area (Å²) >= 11 is 0. The van der Waals surface area contributed by atoms with Crippen LogP contribution in [0.2, 0.25) is 0 Å². The average molecular weight is 371 g/mol. The van der Waals surface area contributed by atoms with Crippen LogP contribution in [0, 0.1) is 6.92 Å². The van der Waals surface area contributed by atoms with Crippen molar-refractivity contribution in [3.63, 3.8) is 0 Å². The molecule has 4 heterocycles. The van der Waals surface area contributed by atoms with E-state index in [2.05, 4.69) is 40.2 Å². The van der Waals surface area contributed by atoms with Gasteiger partial charge >= 0.3 is 0 Å². The predicted octanol–water partition coefficient (Wildman–Crippen LogP) is 3.79. The van der Waals surface area contributed by atoms with E-state index in [0.717, 1.165) is 43.1 Å². The van der Waals surface area contributed by atoms with Crippen molar-refractivity contribution in [2.75, 3.05) is 6.54 Å². The molecule has 4 aromatic rings. The Bertz CT molecular complexity index is 1090. The van der Waals surface area contributed by atoms with Gasteiger partial charge in [-0.2, -0.15) is 5.10 Å². The Labute approximate surface area is 163 Å². The molecule has 0 saturated carbocycles. The molecule has 1 aromatic carbocycles. The van der Waals surface area contributed by atoms with Crippen molar-refractivity contribution in [1.29, 1.82) is 0 Å². The van der Waals surface area contributed by atoms with Crippen LogP contribution < -0.4 is 0 Å². The highest BCUT2D eigenvalue weighted by Gasteiger charge is 2.20. The fraction of sp³-hybridized carbons (Fsp3) is 0.227. The molecule has 0 N–H and O–H groups in total. The normalized spacial score (nSPS) is 14.2. The molecule has 0 unspecified atom stereocenters. The number of aryl methyl sites for hydroxylation is 1. The van der Waals surface area contributed by atoms with Gasteiger partial charge in [-0.25, -0.2) is 14.6 Å². The number of furan rings is 1. The molecule has 6 nitrogen and oxygen atoms in total. The molecule has 0 bridgehead atoms. The summed E-state index contributed by atoms with van der Waals surface area (Å²) in [7, 11) is 0. The van der Waals surface area contributed by atoms with Gasteiger partial charge in [0.2, 0.25) is 0 Å². The largest absolute Gasteiger partial charge is 0.461 e. The Hall–Kier alpha value is -3.25. The van der Waals surface area contributed by atoms with Crippen LogP contribution in [0.1, 0.15) is 22.5 Å². The lowest BCUT2D eigenvalue weighted by Gasteiger charge is -2.27. The first-order valence-electron chi connectivity index (χ1n) is 9.48. The van der Waals surface area contributed by atoms with E-state index in [9.17, 15) is 0 Å². The van der Waals surface area contributed by atoms with Gasteiger partial charge in [0.25, 0.3) is 0 Å². The fourth-order valence-corrected chi connectivity index (χ4v) is 3.64. The number of rotatable bonds is 4. The van der Waals surface area contributed by atoms with Gasteiger partial charge in [0.15, 0.2) is 11.6 Å². The van der Waals surface area contributed by atoms with Crippen molar-refractivity contribution in [3.8, 4) is 17.3 Å². The van der Waals surface area contributed by atoms with E-state index < -0.39 is 0 Å². The maximum Gasteiger partial charge on any atom is 0.195 e. The number of para-hydroxylation sites is 1. The molecule has 0 atom stereocenters. The number of hydrogen-bond acceptors (Lipinski definition) is 5.